The Morgan fingerprint density at radius 3 is 2.53 bits per heavy atom. The normalized spacial score (nSPS) is 10.5. The number of carbonyl (C=O) groups is 1. The number of nitrogens with one attached hydrogen (secondary N) is 1. The Morgan fingerprint density at radius 2 is 1.73 bits per heavy atom. The third kappa shape index (κ3) is 6.32. The number of rotatable bonds is 10. The molecule has 0 aliphatic heterocycles. The first-order valence-electron chi connectivity index (χ1n) is 9.74. The molecule has 3 aromatic carbocycles. The van der Waals surface area contributed by atoms with Crippen LogP contribution in [0.4, 0.5) is 10.1 Å². The maximum absolute atomic E-state index is 13.0. The number of halogens is 1. The van der Waals surface area contributed by atoms with Gasteiger partial charge in [0.05, 0.1) is 12.2 Å². The summed E-state index contributed by atoms with van der Waals surface area (Å²) in [5, 5.41) is 2.87. The molecule has 0 unspecified atom stereocenters. The number of hydrogen-bond acceptors (Lipinski definition) is 4. The second-order valence-corrected chi connectivity index (χ2v) is 6.44. The molecule has 0 saturated carbocycles. The number of ether oxygens (including phenoxy) is 3. The zero-order chi connectivity index (χ0) is 21.2. The van der Waals surface area contributed by atoms with Gasteiger partial charge < -0.3 is 19.5 Å². The van der Waals surface area contributed by atoms with E-state index in [1.807, 2.05) is 13.0 Å². The van der Waals surface area contributed by atoms with E-state index < -0.39 is 0 Å². The highest BCUT2D eigenvalue weighted by Crippen LogP contribution is 2.22. The molecule has 0 heterocycles. The Morgan fingerprint density at radius 1 is 0.933 bits per heavy atom. The second-order valence-electron chi connectivity index (χ2n) is 6.44. The molecule has 3 aromatic rings. The fourth-order valence-electron chi connectivity index (χ4n) is 2.74. The maximum Gasteiger partial charge on any atom is 0.259 e. The van der Waals surface area contributed by atoms with E-state index in [2.05, 4.69) is 5.32 Å². The fourth-order valence-corrected chi connectivity index (χ4v) is 2.74. The van der Waals surface area contributed by atoms with Crippen LogP contribution in [0.2, 0.25) is 0 Å². The molecule has 0 bridgehead atoms. The van der Waals surface area contributed by atoms with Crippen LogP contribution in [-0.2, 0) is 11.3 Å². The third-order valence-corrected chi connectivity index (χ3v) is 4.23. The molecule has 5 nitrogen and oxygen atoms in total. The molecule has 0 aliphatic rings. The van der Waals surface area contributed by atoms with E-state index in [-0.39, 0.29) is 11.7 Å². The molecule has 0 saturated heterocycles. The van der Waals surface area contributed by atoms with Crippen LogP contribution in [0.5, 0.6) is 11.5 Å². The summed E-state index contributed by atoms with van der Waals surface area (Å²) in [5.41, 5.74) is 1.89. The molecule has 3 rings (SSSR count). The van der Waals surface area contributed by atoms with Gasteiger partial charge in [0.1, 0.15) is 30.5 Å². The molecular weight excluding hydrogens is 385 g/mol. The minimum absolute atomic E-state index is 0.280. The lowest BCUT2D eigenvalue weighted by molar-refractivity contribution is 0.0998. The van der Waals surface area contributed by atoms with Gasteiger partial charge in [0, 0.05) is 18.4 Å². The van der Waals surface area contributed by atoms with Crippen molar-refractivity contribution in [3.05, 3.63) is 89.7 Å². The average Bonchev–Trinajstić information content (AvgIpc) is 2.77. The Kier molecular flexibility index (Phi) is 7.80. The zero-order valence-electron chi connectivity index (χ0n) is 16.8. The molecule has 0 aliphatic carbocycles. The maximum atomic E-state index is 13.0. The molecule has 0 aromatic heterocycles. The molecule has 6 heteroatoms. The lowest BCUT2D eigenvalue weighted by Gasteiger charge is -2.12. The van der Waals surface area contributed by atoms with Gasteiger partial charge in [0.15, 0.2) is 0 Å². The number of para-hydroxylation sites is 1. The molecular formula is C24H24FNO4. The van der Waals surface area contributed by atoms with E-state index in [9.17, 15) is 9.18 Å². The quantitative estimate of drug-likeness (QED) is 0.475. The molecule has 0 atom stereocenters. The number of benzene rings is 3. The highest BCUT2D eigenvalue weighted by atomic mass is 19.1. The number of anilines is 1. The Balaban J connectivity index is 1.61. The summed E-state index contributed by atoms with van der Waals surface area (Å²) in [6, 6.07) is 20.3. The van der Waals surface area contributed by atoms with Gasteiger partial charge >= 0.3 is 0 Å². The second kappa shape index (κ2) is 11.0. The van der Waals surface area contributed by atoms with E-state index in [1.165, 1.54) is 12.1 Å². The van der Waals surface area contributed by atoms with Crippen molar-refractivity contribution in [3.63, 3.8) is 0 Å². The van der Waals surface area contributed by atoms with Crippen LogP contribution in [0.15, 0.2) is 72.8 Å². The van der Waals surface area contributed by atoms with Gasteiger partial charge in [-0.1, -0.05) is 30.3 Å². The average molecular weight is 409 g/mol. The summed E-state index contributed by atoms with van der Waals surface area (Å²) in [4.78, 5) is 12.7. The van der Waals surface area contributed by atoms with E-state index in [0.29, 0.717) is 49.2 Å². The number of amides is 1. The van der Waals surface area contributed by atoms with Crippen molar-refractivity contribution in [1.29, 1.82) is 0 Å². The van der Waals surface area contributed by atoms with Crippen molar-refractivity contribution in [2.75, 3.05) is 25.1 Å². The fraction of sp³-hybridized carbons (Fsp3) is 0.208. The van der Waals surface area contributed by atoms with Crippen LogP contribution in [-0.4, -0.2) is 25.7 Å². The third-order valence-electron chi connectivity index (χ3n) is 4.23. The molecule has 0 spiro atoms. The molecule has 1 amide bonds. The first kappa shape index (κ1) is 21.3. The minimum Gasteiger partial charge on any atom is -0.490 e. The van der Waals surface area contributed by atoms with Crippen LogP contribution in [0.1, 0.15) is 22.8 Å². The lowest BCUT2D eigenvalue weighted by atomic mass is 10.2. The van der Waals surface area contributed by atoms with Crippen LogP contribution in [0, 0.1) is 5.82 Å². The molecule has 1 N–H and O–H groups in total. The van der Waals surface area contributed by atoms with Gasteiger partial charge in [-0.15, -0.1) is 0 Å². The van der Waals surface area contributed by atoms with Crippen molar-refractivity contribution >= 4 is 11.6 Å². The molecule has 0 radical (unpaired) electrons. The monoisotopic (exact) mass is 409 g/mol. The van der Waals surface area contributed by atoms with Crippen molar-refractivity contribution in [3.8, 4) is 11.5 Å². The van der Waals surface area contributed by atoms with Crippen molar-refractivity contribution in [2.45, 2.75) is 13.5 Å². The van der Waals surface area contributed by atoms with E-state index >= 15 is 0 Å². The predicted octanol–water partition coefficient (Wildman–Crippen LogP) is 5.07. The van der Waals surface area contributed by atoms with Gasteiger partial charge in [-0.3, -0.25) is 4.79 Å². The number of carbonyl (C=O) groups excluding carboxylic acids is 1. The van der Waals surface area contributed by atoms with Gasteiger partial charge in [-0.2, -0.15) is 0 Å². The van der Waals surface area contributed by atoms with E-state index in [4.69, 9.17) is 14.2 Å². The molecule has 156 valence electrons. The number of hydrogen-bond donors (Lipinski definition) is 1. The predicted molar refractivity (Wildman–Crippen MR) is 114 cm³/mol. The first-order chi connectivity index (χ1) is 14.7. The topological polar surface area (TPSA) is 56.8 Å². The van der Waals surface area contributed by atoms with Crippen LogP contribution in [0.25, 0.3) is 0 Å². The van der Waals surface area contributed by atoms with Crippen molar-refractivity contribution < 1.29 is 23.4 Å². The highest BCUT2D eigenvalue weighted by Gasteiger charge is 2.13. The van der Waals surface area contributed by atoms with Crippen LogP contribution in [0.3, 0.4) is 0 Å². The molecule has 0 fully saturated rings. The summed E-state index contributed by atoms with van der Waals surface area (Å²) < 4.78 is 29.7. The molecule has 30 heavy (non-hydrogen) atoms. The SMILES string of the molecule is CCOCCOc1ccccc1C(=O)Nc1cccc(OCc2ccc(F)cc2)c1. The Hall–Kier alpha value is -3.38. The summed E-state index contributed by atoms with van der Waals surface area (Å²) in [6.07, 6.45) is 0. The van der Waals surface area contributed by atoms with Gasteiger partial charge in [0.25, 0.3) is 5.91 Å². The summed E-state index contributed by atoms with van der Waals surface area (Å²) in [6.45, 7) is 3.66. The largest absolute Gasteiger partial charge is 0.490 e. The van der Waals surface area contributed by atoms with Crippen LogP contribution < -0.4 is 14.8 Å². The van der Waals surface area contributed by atoms with Crippen molar-refractivity contribution in [1.82, 2.24) is 0 Å². The van der Waals surface area contributed by atoms with Gasteiger partial charge in [-0.25, -0.2) is 4.39 Å². The Labute approximate surface area is 175 Å². The van der Waals surface area contributed by atoms with Gasteiger partial charge in [-0.05, 0) is 48.9 Å². The Bertz CT molecular complexity index is 959. The summed E-state index contributed by atoms with van der Waals surface area (Å²) >= 11 is 0. The van der Waals surface area contributed by atoms with E-state index in [0.717, 1.165) is 5.56 Å². The lowest BCUT2D eigenvalue weighted by Crippen LogP contribution is -2.15. The standard InChI is InChI=1S/C24H24FNO4/c1-2-28-14-15-29-23-9-4-3-8-22(23)24(27)26-20-6-5-7-21(16-20)30-17-18-10-12-19(25)13-11-18/h3-13,16H,2,14-15,17H2,1H3,(H,26,27). The zero-order valence-corrected chi connectivity index (χ0v) is 16.8. The smallest absolute Gasteiger partial charge is 0.259 e. The van der Waals surface area contributed by atoms with Crippen molar-refractivity contribution in [2.24, 2.45) is 0 Å². The van der Waals surface area contributed by atoms with Gasteiger partial charge in [0.2, 0.25) is 0 Å². The summed E-state index contributed by atoms with van der Waals surface area (Å²) in [5.74, 6) is 0.528. The summed E-state index contributed by atoms with van der Waals surface area (Å²) in [7, 11) is 0. The van der Waals surface area contributed by atoms with Crippen LogP contribution >= 0.6 is 0 Å². The highest BCUT2D eigenvalue weighted by molar-refractivity contribution is 6.06. The van der Waals surface area contributed by atoms with E-state index in [1.54, 1.807) is 54.6 Å². The minimum atomic E-state index is -0.286. The first-order valence-corrected chi connectivity index (χ1v) is 9.74.